The summed E-state index contributed by atoms with van der Waals surface area (Å²) >= 11 is 0. The third kappa shape index (κ3) is 3.78. The number of imide groups is 1. The van der Waals surface area contributed by atoms with E-state index in [-0.39, 0.29) is 23.8 Å². The number of esters is 1. The van der Waals surface area contributed by atoms with Crippen molar-refractivity contribution in [1.29, 1.82) is 0 Å². The SMILES string of the molecule is CCN(CC)c1ccc(/C=C2\NC(=O)N(Cc3ccc(C(=O)OC)o3)C2=O)o1. The van der Waals surface area contributed by atoms with Gasteiger partial charge in [0.15, 0.2) is 5.88 Å². The summed E-state index contributed by atoms with van der Waals surface area (Å²) in [5.41, 5.74) is 0.102. The molecule has 3 rings (SSSR count). The fourth-order valence-corrected chi connectivity index (χ4v) is 2.81. The number of nitrogens with one attached hydrogen (secondary N) is 1. The molecule has 28 heavy (non-hydrogen) atoms. The number of anilines is 1. The van der Waals surface area contributed by atoms with Crippen LogP contribution in [-0.4, -0.2) is 43.0 Å². The quantitative estimate of drug-likeness (QED) is 0.442. The molecule has 9 heteroatoms. The van der Waals surface area contributed by atoms with Crippen molar-refractivity contribution in [2.24, 2.45) is 0 Å². The van der Waals surface area contributed by atoms with Gasteiger partial charge in [0.1, 0.15) is 17.2 Å². The molecule has 0 bridgehead atoms. The van der Waals surface area contributed by atoms with Crippen LogP contribution < -0.4 is 10.2 Å². The van der Waals surface area contributed by atoms with E-state index in [0.29, 0.717) is 11.6 Å². The lowest BCUT2D eigenvalue weighted by Crippen LogP contribution is -2.30. The Labute approximate surface area is 161 Å². The number of rotatable bonds is 7. The number of methoxy groups -OCH3 is 1. The van der Waals surface area contributed by atoms with Gasteiger partial charge in [-0.3, -0.25) is 9.69 Å². The number of furan rings is 2. The molecule has 1 fully saturated rings. The zero-order valence-electron chi connectivity index (χ0n) is 15.9. The summed E-state index contributed by atoms with van der Waals surface area (Å²) in [6, 6.07) is 5.90. The van der Waals surface area contributed by atoms with Gasteiger partial charge >= 0.3 is 12.0 Å². The second kappa shape index (κ2) is 8.03. The minimum Gasteiger partial charge on any atom is -0.463 e. The smallest absolute Gasteiger partial charge is 0.373 e. The van der Waals surface area contributed by atoms with Gasteiger partial charge in [-0.05, 0) is 32.0 Å². The summed E-state index contributed by atoms with van der Waals surface area (Å²) in [5, 5.41) is 2.52. The largest absolute Gasteiger partial charge is 0.463 e. The Hall–Kier alpha value is -3.49. The second-order valence-corrected chi connectivity index (χ2v) is 5.99. The first-order chi connectivity index (χ1) is 13.5. The van der Waals surface area contributed by atoms with E-state index in [4.69, 9.17) is 8.83 Å². The fourth-order valence-electron chi connectivity index (χ4n) is 2.81. The number of nitrogens with zero attached hydrogens (tertiary/aromatic N) is 2. The van der Waals surface area contributed by atoms with Crippen molar-refractivity contribution in [2.45, 2.75) is 20.4 Å². The monoisotopic (exact) mass is 387 g/mol. The number of hydrogen-bond acceptors (Lipinski definition) is 7. The maximum atomic E-state index is 12.6. The van der Waals surface area contributed by atoms with Gasteiger partial charge in [0.2, 0.25) is 5.76 Å². The minimum absolute atomic E-state index is 0.000151. The summed E-state index contributed by atoms with van der Waals surface area (Å²) in [6.07, 6.45) is 1.48. The Morgan fingerprint density at radius 3 is 2.61 bits per heavy atom. The molecule has 9 nitrogen and oxygen atoms in total. The van der Waals surface area contributed by atoms with Crippen LogP contribution in [0.4, 0.5) is 10.7 Å². The van der Waals surface area contributed by atoms with E-state index in [1.165, 1.54) is 25.3 Å². The average molecular weight is 387 g/mol. The van der Waals surface area contributed by atoms with Crippen molar-refractivity contribution < 1.29 is 28.0 Å². The van der Waals surface area contributed by atoms with Crippen molar-refractivity contribution in [3.8, 4) is 0 Å². The molecule has 0 spiro atoms. The molecular weight excluding hydrogens is 366 g/mol. The lowest BCUT2D eigenvalue weighted by atomic mass is 10.3. The molecule has 0 unspecified atom stereocenters. The summed E-state index contributed by atoms with van der Waals surface area (Å²) in [7, 11) is 1.24. The molecule has 0 radical (unpaired) electrons. The molecule has 0 aliphatic carbocycles. The first-order valence-corrected chi connectivity index (χ1v) is 8.83. The van der Waals surface area contributed by atoms with Crippen molar-refractivity contribution in [2.75, 3.05) is 25.1 Å². The van der Waals surface area contributed by atoms with E-state index in [1.54, 1.807) is 6.07 Å². The highest BCUT2D eigenvalue weighted by molar-refractivity contribution is 6.13. The summed E-state index contributed by atoms with van der Waals surface area (Å²) in [4.78, 5) is 39.2. The Bertz CT molecular complexity index is 922. The summed E-state index contributed by atoms with van der Waals surface area (Å²) < 4.78 is 15.6. The molecule has 148 valence electrons. The van der Waals surface area contributed by atoms with Crippen molar-refractivity contribution in [3.05, 3.63) is 47.2 Å². The topological polar surface area (TPSA) is 105 Å². The van der Waals surface area contributed by atoms with E-state index < -0.39 is 17.9 Å². The Morgan fingerprint density at radius 2 is 1.93 bits per heavy atom. The molecule has 3 amide bonds. The van der Waals surface area contributed by atoms with Gasteiger partial charge in [0, 0.05) is 25.2 Å². The van der Waals surface area contributed by atoms with E-state index in [1.807, 2.05) is 24.8 Å². The van der Waals surface area contributed by atoms with Crippen LogP contribution in [0, 0.1) is 0 Å². The first kappa shape index (κ1) is 19.3. The maximum absolute atomic E-state index is 12.6. The van der Waals surface area contributed by atoms with Crippen LogP contribution in [0.1, 0.15) is 35.9 Å². The predicted molar refractivity (Wildman–Crippen MR) is 99.4 cm³/mol. The number of carbonyl (C=O) groups excluding carboxylic acids is 3. The molecule has 1 aliphatic heterocycles. The summed E-state index contributed by atoms with van der Waals surface area (Å²) in [6.45, 7) is 5.51. The number of hydrogen-bond donors (Lipinski definition) is 1. The van der Waals surface area contributed by atoms with Gasteiger partial charge in [-0.2, -0.15) is 0 Å². The molecule has 1 N–H and O–H groups in total. The van der Waals surface area contributed by atoms with Crippen molar-refractivity contribution in [1.82, 2.24) is 10.2 Å². The molecule has 0 saturated carbocycles. The number of carbonyl (C=O) groups is 3. The van der Waals surface area contributed by atoms with E-state index in [0.717, 1.165) is 18.0 Å². The van der Waals surface area contributed by atoms with Gasteiger partial charge < -0.3 is 23.8 Å². The fraction of sp³-hybridized carbons (Fsp3) is 0.316. The number of ether oxygens (including phenoxy) is 1. The van der Waals surface area contributed by atoms with Crippen molar-refractivity contribution >= 4 is 29.9 Å². The van der Waals surface area contributed by atoms with Crippen LogP contribution >= 0.6 is 0 Å². The third-order valence-corrected chi connectivity index (χ3v) is 4.30. The summed E-state index contributed by atoms with van der Waals surface area (Å²) in [5.74, 6) is 0.286. The average Bonchev–Trinajstić information content (AvgIpc) is 3.40. The van der Waals surface area contributed by atoms with Crippen LogP contribution in [0.3, 0.4) is 0 Å². The zero-order chi connectivity index (χ0) is 20.3. The van der Waals surface area contributed by atoms with Crippen LogP contribution in [0.25, 0.3) is 6.08 Å². The van der Waals surface area contributed by atoms with Crippen LogP contribution in [-0.2, 0) is 16.1 Å². The Balaban J connectivity index is 1.73. The van der Waals surface area contributed by atoms with Gasteiger partial charge in [0.05, 0.1) is 13.7 Å². The standard InChI is InChI=1S/C19H21N3O6/c1-4-21(5-2)16-9-7-12(28-16)10-14-17(23)22(19(25)20-14)11-13-6-8-15(27-13)18(24)26-3/h6-10H,4-5,11H2,1-3H3,(H,20,25)/b14-10-. The van der Waals surface area contributed by atoms with Crippen molar-refractivity contribution in [3.63, 3.8) is 0 Å². The molecule has 0 atom stereocenters. The van der Waals surface area contributed by atoms with E-state index in [9.17, 15) is 14.4 Å². The molecule has 1 aliphatic rings. The van der Waals surface area contributed by atoms with Gasteiger partial charge in [-0.15, -0.1) is 0 Å². The highest BCUT2D eigenvalue weighted by Crippen LogP contribution is 2.22. The Morgan fingerprint density at radius 1 is 1.18 bits per heavy atom. The molecule has 3 heterocycles. The maximum Gasteiger partial charge on any atom is 0.373 e. The van der Waals surface area contributed by atoms with Gasteiger partial charge in [-0.1, -0.05) is 0 Å². The second-order valence-electron chi connectivity index (χ2n) is 5.99. The first-order valence-electron chi connectivity index (χ1n) is 8.83. The molecule has 1 saturated heterocycles. The van der Waals surface area contributed by atoms with Crippen LogP contribution in [0.15, 0.2) is 38.8 Å². The highest BCUT2D eigenvalue weighted by Gasteiger charge is 2.34. The molecular formula is C19H21N3O6. The molecule has 2 aromatic rings. The van der Waals surface area contributed by atoms with Gasteiger partial charge in [0.25, 0.3) is 5.91 Å². The molecule has 2 aromatic heterocycles. The number of urea groups is 1. The molecule has 0 aromatic carbocycles. The van der Waals surface area contributed by atoms with Gasteiger partial charge in [-0.25, -0.2) is 9.59 Å². The third-order valence-electron chi connectivity index (χ3n) is 4.30. The predicted octanol–water partition coefficient (Wildman–Crippen LogP) is 2.60. The lowest BCUT2D eigenvalue weighted by Gasteiger charge is -2.16. The minimum atomic E-state index is -0.633. The normalized spacial score (nSPS) is 15.2. The van der Waals surface area contributed by atoms with Crippen LogP contribution in [0.2, 0.25) is 0 Å². The zero-order valence-corrected chi connectivity index (χ0v) is 15.9. The number of amides is 3. The highest BCUT2D eigenvalue weighted by atomic mass is 16.5. The Kier molecular flexibility index (Phi) is 5.53. The van der Waals surface area contributed by atoms with E-state index >= 15 is 0 Å². The van der Waals surface area contributed by atoms with E-state index in [2.05, 4.69) is 10.1 Å². The van der Waals surface area contributed by atoms with Crippen LogP contribution in [0.5, 0.6) is 0 Å². The lowest BCUT2D eigenvalue weighted by molar-refractivity contribution is -0.123.